The molecule has 1 N–H and O–H groups in total. The summed E-state index contributed by atoms with van der Waals surface area (Å²) in [5, 5.41) is 12.4. The molecule has 0 spiro atoms. The topological polar surface area (TPSA) is 90.5 Å². The van der Waals surface area contributed by atoms with E-state index < -0.39 is 0 Å². The molecule has 0 aliphatic rings. The van der Waals surface area contributed by atoms with Gasteiger partial charge in [-0.05, 0) is 37.6 Å². The van der Waals surface area contributed by atoms with Crippen LogP contribution in [0.5, 0.6) is 0 Å². The van der Waals surface area contributed by atoms with E-state index in [2.05, 4.69) is 25.5 Å². The van der Waals surface area contributed by atoms with Crippen LogP contribution in [0.4, 0.5) is 10.2 Å². The van der Waals surface area contributed by atoms with E-state index >= 15 is 0 Å². The second-order valence-corrected chi connectivity index (χ2v) is 6.35. The summed E-state index contributed by atoms with van der Waals surface area (Å²) >= 11 is 0. The van der Waals surface area contributed by atoms with Crippen molar-refractivity contribution in [1.82, 2.24) is 29.5 Å². The maximum atomic E-state index is 13.2. The molecule has 1 amide bonds. The van der Waals surface area contributed by atoms with Crippen molar-refractivity contribution >= 4 is 22.8 Å². The van der Waals surface area contributed by atoms with Crippen molar-refractivity contribution < 1.29 is 9.18 Å². The zero-order chi connectivity index (χ0) is 19.7. The molecule has 28 heavy (non-hydrogen) atoms. The van der Waals surface area contributed by atoms with E-state index in [4.69, 9.17) is 0 Å². The minimum atomic E-state index is -0.324. The van der Waals surface area contributed by atoms with Crippen LogP contribution in [0.2, 0.25) is 0 Å². The molecule has 9 heteroatoms. The van der Waals surface area contributed by atoms with Crippen LogP contribution >= 0.6 is 0 Å². The summed E-state index contributed by atoms with van der Waals surface area (Å²) in [4.78, 5) is 20.7. The second kappa shape index (κ2) is 7.18. The summed E-state index contributed by atoms with van der Waals surface area (Å²) in [5.74, 6) is 0.620. The second-order valence-electron chi connectivity index (χ2n) is 6.35. The molecule has 142 valence electrons. The molecule has 0 atom stereocenters. The number of benzene rings is 1. The van der Waals surface area contributed by atoms with Gasteiger partial charge in [0.1, 0.15) is 18.0 Å². The van der Waals surface area contributed by atoms with Gasteiger partial charge in [-0.3, -0.25) is 4.79 Å². The number of carbonyl (C=O) groups is 1. The number of nitrogens with one attached hydrogen (secondary N) is 1. The Bertz CT molecular complexity index is 1150. The van der Waals surface area contributed by atoms with E-state index in [9.17, 15) is 9.18 Å². The van der Waals surface area contributed by atoms with Crippen molar-refractivity contribution in [3.63, 3.8) is 0 Å². The van der Waals surface area contributed by atoms with Crippen molar-refractivity contribution in [2.75, 3.05) is 5.32 Å². The summed E-state index contributed by atoms with van der Waals surface area (Å²) in [6.45, 7) is 3.78. The van der Waals surface area contributed by atoms with Crippen molar-refractivity contribution in [1.29, 1.82) is 0 Å². The molecule has 8 nitrogen and oxygen atoms in total. The number of rotatable bonds is 5. The van der Waals surface area contributed by atoms with Gasteiger partial charge in [-0.2, -0.15) is 14.9 Å². The van der Waals surface area contributed by atoms with Gasteiger partial charge in [-0.25, -0.2) is 19.0 Å². The van der Waals surface area contributed by atoms with Gasteiger partial charge in [-0.15, -0.1) is 0 Å². The minimum Gasteiger partial charge on any atom is -0.311 e. The van der Waals surface area contributed by atoms with E-state index in [1.807, 2.05) is 13.8 Å². The van der Waals surface area contributed by atoms with E-state index in [0.717, 1.165) is 12.1 Å². The zero-order valence-electron chi connectivity index (χ0n) is 15.4. The number of hydrogen-bond donors (Lipinski definition) is 1. The fourth-order valence-corrected chi connectivity index (χ4v) is 2.95. The highest BCUT2D eigenvalue weighted by Gasteiger charge is 2.17. The van der Waals surface area contributed by atoms with E-state index in [-0.39, 0.29) is 11.7 Å². The van der Waals surface area contributed by atoms with Crippen molar-refractivity contribution in [3.05, 3.63) is 54.4 Å². The number of hydrogen-bond acceptors (Lipinski definition) is 5. The maximum Gasteiger partial charge on any atom is 0.225 e. The van der Waals surface area contributed by atoms with Crippen molar-refractivity contribution in [3.8, 4) is 11.5 Å². The molecule has 1 aromatic carbocycles. The Morgan fingerprint density at radius 1 is 1.18 bits per heavy atom. The fourth-order valence-electron chi connectivity index (χ4n) is 2.95. The number of anilines is 1. The third kappa shape index (κ3) is 3.22. The van der Waals surface area contributed by atoms with Crippen molar-refractivity contribution in [2.45, 2.75) is 26.7 Å². The van der Waals surface area contributed by atoms with E-state index in [1.165, 1.54) is 18.5 Å². The number of halogens is 1. The molecule has 0 radical (unpaired) electrons. The predicted molar refractivity (Wildman–Crippen MR) is 102 cm³/mol. The predicted octanol–water partition coefficient (Wildman–Crippen LogP) is 3.19. The average molecular weight is 379 g/mol. The quantitative estimate of drug-likeness (QED) is 0.575. The smallest absolute Gasteiger partial charge is 0.225 e. The number of aryl methyl sites for hydroxylation is 1. The number of fused-ring (bicyclic) bond motifs is 1. The Balaban J connectivity index is 1.81. The Morgan fingerprint density at radius 3 is 2.71 bits per heavy atom. The van der Waals surface area contributed by atoms with Crippen LogP contribution in [-0.4, -0.2) is 35.4 Å². The SMILES string of the molecule is CCCC(=O)Nc1cc(C)nn1-c1ncnc2c1cnn2-c1ccc(F)cc1. The third-order valence-corrected chi connectivity index (χ3v) is 4.19. The first kappa shape index (κ1) is 17.8. The summed E-state index contributed by atoms with van der Waals surface area (Å²) in [6.07, 6.45) is 4.21. The standard InChI is InChI=1S/C19H18FN7O/c1-3-4-17(28)24-16-9-12(2)25-27(16)19-15-10-23-26(18(15)21-11-22-19)14-7-5-13(20)6-8-14/h5-11H,3-4H2,1-2H3,(H,24,28). The highest BCUT2D eigenvalue weighted by atomic mass is 19.1. The lowest BCUT2D eigenvalue weighted by atomic mass is 10.3. The zero-order valence-corrected chi connectivity index (χ0v) is 15.4. The number of amides is 1. The summed E-state index contributed by atoms with van der Waals surface area (Å²) in [6, 6.07) is 7.76. The largest absolute Gasteiger partial charge is 0.311 e. The van der Waals surface area contributed by atoms with Crippen LogP contribution in [0.1, 0.15) is 25.5 Å². The van der Waals surface area contributed by atoms with Crippen LogP contribution < -0.4 is 5.32 Å². The first-order chi connectivity index (χ1) is 13.6. The minimum absolute atomic E-state index is 0.0871. The highest BCUT2D eigenvalue weighted by molar-refractivity contribution is 5.91. The van der Waals surface area contributed by atoms with Crippen LogP contribution in [0.3, 0.4) is 0 Å². The van der Waals surface area contributed by atoms with Gasteiger partial charge in [0.2, 0.25) is 5.91 Å². The lowest BCUT2D eigenvalue weighted by Crippen LogP contribution is -2.15. The highest BCUT2D eigenvalue weighted by Crippen LogP contribution is 2.24. The molecule has 0 unspecified atom stereocenters. The van der Waals surface area contributed by atoms with Crippen LogP contribution in [0.25, 0.3) is 22.5 Å². The Labute approximate surface area is 160 Å². The van der Waals surface area contributed by atoms with Crippen LogP contribution in [0, 0.1) is 12.7 Å². The first-order valence-corrected chi connectivity index (χ1v) is 8.88. The van der Waals surface area contributed by atoms with Gasteiger partial charge >= 0.3 is 0 Å². The van der Waals surface area contributed by atoms with Gasteiger partial charge in [0, 0.05) is 12.5 Å². The monoisotopic (exact) mass is 379 g/mol. The van der Waals surface area contributed by atoms with Gasteiger partial charge in [-0.1, -0.05) is 6.92 Å². The van der Waals surface area contributed by atoms with Gasteiger partial charge in [0.05, 0.1) is 23.0 Å². The lowest BCUT2D eigenvalue weighted by molar-refractivity contribution is -0.116. The number of carbonyl (C=O) groups excluding carboxylic acids is 1. The summed E-state index contributed by atoms with van der Waals surface area (Å²) in [7, 11) is 0. The molecule has 0 fully saturated rings. The molecule has 0 saturated heterocycles. The Hall–Kier alpha value is -3.62. The molecule has 4 rings (SSSR count). The Morgan fingerprint density at radius 2 is 1.96 bits per heavy atom. The lowest BCUT2D eigenvalue weighted by Gasteiger charge is -2.09. The molecule has 3 aromatic heterocycles. The van der Waals surface area contributed by atoms with Gasteiger partial charge < -0.3 is 5.32 Å². The first-order valence-electron chi connectivity index (χ1n) is 8.88. The van der Waals surface area contributed by atoms with Crippen LogP contribution in [-0.2, 0) is 4.79 Å². The molecule has 0 bridgehead atoms. The third-order valence-electron chi connectivity index (χ3n) is 4.19. The average Bonchev–Trinajstić information content (AvgIpc) is 3.26. The number of aromatic nitrogens is 6. The van der Waals surface area contributed by atoms with Gasteiger partial charge in [0.25, 0.3) is 0 Å². The summed E-state index contributed by atoms with van der Waals surface area (Å²) < 4.78 is 16.4. The Kier molecular flexibility index (Phi) is 4.56. The molecule has 3 heterocycles. The summed E-state index contributed by atoms with van der Waals surface area (Å²) in [5.41, 5.74) is 1.97. The fraction of sp³-hybridized carbons (Fsp3) is 0.211. The normalized spacial score (nSPS) is 11.1. The van der Waals surface area contributed by atoms with Gasteiger partial charge in [0.15, 0.2) is 11.5 Å². The molecular weight excluding hydrogens is 361 g/mol. The molecule has 0 saturated carbocycles. The number of nitrogens with zero attached hydrogens (tertiary/aromatic N) is 6. The maximum absolute atomic E-state index is 13.2. The van der Waals surface area contributed by atoms with Crippen LogP contribution in [0.15, 0.2) is 42.9 Å². The van der Waals surface area contributed by atoms with E-state index in [0.29, 0.717) is 34.8 Å². The molecule has 4 aromatic rings. The van der Waals surface area contributed by atoms with Crippen molar-refractivity contribution in [2.24, 2.45) is 0 Å². The molecule has 0 aliphatic carbocycles. The van der Waals surface area contributed by atoms with E-state index in [1.54, 1.807) is 33.8 Å². The molecular formula is C19H18FN7O. The molecule has 0 aliphatic heterocycles.